The molecule has 0 fully saturated rings. The quantitative estimate of drug-likeness (QED) is 0.476. The fraction of sp³-hybridized carbons (Fsp3) is 0.200. The Labute approximate surface area is 94.6 Å². The van der Waals surface area contributed by atoms with Gasteiger partial charge in [0, 0.05) is 5.03 Å². The van der Waals surface area contributed by atoms with Gasteiger partial charge in [0.2, 0.25) is 3.79 Å². The molecule has 64 valence electrons. The lowest BCUT2D eigenvalue weighted by Crippen LogP contribution is -1.94. The molecule has 0 aliphatic heterocycles. The zero-order chi connectivity index (χ0) is 9.07. The summed E-state index contributed by atoms with van der Waals surface area (Å²) in [5, 5.41) is 0.171. The first kappa shape index (κ1) is 12.2. The maximum Gasteiger partial charge on any atom is 0.210 e. The highest BCUT2D eigenvalue weighted by molar-refractivity contribution is 6.69. The van der Waals surface area contributed by atoms with Gasteiger partial charge in [-0.05, 0) is 12.2 Å². The molecular weight excluding hydrogens is 273 g/mol. The Morgan fingerprint density at radius 2 is 1.45 bits per heavy atom. The standard InChI is InChI=1S/C5H2Cl6/c6-3(1-4(7)8)2-5(9,10)11/h1-2H. The third-order valence-corrected chi connectivity index (χ3v) is 1.31. The largest absolute Gasteiger partial charge is 0.210 e. The lowest BCUT2D eigenvalue weighted by Gasteiger charge is -2.02. The molecule has 0 aromatic heterocycles. The van der Waals surface area contributed by atoms with E-state index in [0.717, 1.165) is 0 Å². The molecule has 0 N–H and O–H groups in total. The van der Waals surface area contributed by atoms with Crippen LogP contribution in [-0.4, -0.2) is 3.79 Å². The van der Waals surface area contributed by atoms with E-state index in [4.69, 9.17) is 69.6 Å². The molecule has 0 radical (unpaired) electrons. The predicted molar refractivity (Wildman–Crippen MR) is 54.0 cm³/mol. The molecule has 0 unspecified atom stereocenters. The summed E-state index contributed by atoms with van der Waals surface area (Å²) in [4.78, 5) is 0. The van der Waals surface area contributed by atoms with E-state index in [-0.39, 0.29) is 9.52 Å². The van der Waals surface area contributed by atoms with Crippen LogP contribution in [0.4, 0.5) is 0 Å². The number of halogens is 6. The van der Waals surface area contributed by atoms with Crippen molar-refractivity contribution in [2.45, 2.75) is 3.79 Å². The van der Waals surface area contributed by atoms with Crippen molar-refractivity contribution in [3.8, 4) is 0 Å². The molecule has 11 heavy (non-hydrogen) atoms. The Hall–Kier alpha value is 1.22. The summed E-state index contributed by atoms with van der Waals surface area (Å²) in [6.45, 7) is 0. The van der Waals surface area contributed by atoms with Crippen LogP contribution in [0.5, 0.6) is 0 Å². The van der Waals surface area contributed by atoms with Crippen LogP contribution in [0.3, 0.4) is 0 Å². The smallest absolute Gasteiger partial charge is 0.0844 e. The van der Waals surface area contributed by atoms with Crippen molar-refractivity contribution in [2.24, 2.45) is 0 Å². The monoisotopic (exact) mass is 272 g/mol. The topological polar surface area (TPSA) is 0 Å². The summed E-state index contributed by atoms with van der Waals surface area (Å²) < 4.78 is -1.53. The molecule has 0 spiro atoms. The third-order valence-electron chi connectivity index (χ3n) is 0.549. The van der Waals surface area contributed by atoms with E-state index in [9.17, 15) is 0 Å². The van der Waals surface area contributed by atoms with Crippen molar-refractivity contribution in [1.29, 1.82) is 0 Å². The molecule has 0 aromatic rings. The number of alkyl halides is 3. The lowest BCUT2D eigenvalue weighted by atomic mass is 10.5. The first-order valence-corrected chi connectivity index (χ1v) is 4.56. The molecule has 0 aliphatic carbocycles. The first-order valence-electron chi connectivity index (χ1n) is 2.29. The average Bonchev–Trinajstić information content (AvgIpc) is 1.53. The Morgan fingerprint density at radius 1 is 1.00 bits per heavy atom. The van der Waals surface area contributed by atoms with Crippen LogP contribution in [0, 0.1) is 0 Å². The van der Waals surface area contributed by atoms with Crippen molar-refractivity contribution < 1.29 is 0 Å². The number of rotatable bonds is 1. The zero-order valence-corrected chi connectivity index (χ0v) is 9.46. The summed E-state index contributed by atoms with van der Waals surface area (Å²) in [5.74, 6) is 0. The highest BCUT2D eigenvalue weighted by atomic mass is 35.6. The second-order valence-corrected chi connectivity index (χ2v) is 5.32. The van der Waals surface area contributed by atoms with E-state index >= 15 is 0 Å². The van der Waals surface area contributed by atoms with Gasteiger partial charge in [0.25, 0.3) is 0 Å². The molecule has 0 nitrogen and oxygen atoms in total. The van der Waals surface area contributed by atoms with E-state index in [1.54, 1.807) is 0 Å². The molecule has 0 bridgehead atoms. The average molecular weight is 275 g/mol. The molecular formula is C5H2Cl6. The zero-order valence-electron chi connectivity index (χ0n) is 4.92. The van der Waals surface area contributed by atoms with E-state index in [0.29, 0.717) is 0 Å². The van der Waals surface area contributed by atoms with Crippen LogP contribution in [0.15, 0.2) is 21.7 Å². The van der Waals surface area contributed by atoms with Gasteiger partial charge in [-0.2, -0.15) is 0 Å². The molecule has 0 saturated carbocycles. The highest BCUT2D eigenvalue weighted by Gasteiger charge is 2.15. The van der Waals surface area contributed by atoms with Crippen LogP contribution >= 0.6 is 69.6 Å². The third kappa shape index (κ3) is 9.13. The van der Waals surface area contributed by atoms with Crippen molar-refractivity contribution >= 4 is 69.6 Å². The minimum absolute atomic E-state index is 0.000463. The Bertz CT molecular complexity index is 182. The van der Waals surface area contributed by atoms with Crippen LogP contribution in [0.1, 0.15) is 0 Å². The van der Waals surface area contributed by atoms with Crippen LogP contribution < -0.4 is 0 Å². The van der Waals surface area contributed by atoms with E-state index in [1.807, 2.05) is 0 Å². The van der Waals surface area contributed by atoms with Crippen molar-refractivity contribution in [1.82, 2.24) is 0 Å². The molecule has 0 amide bonds. The van der Waals surface area contributed by atoms with E-state index < -0.39 is 3.79 Å². The second kappa shape index (κ2) is 5.06. The van der Waals surface area contributed by atoms with Gasteiger partial charge in [-0.1, -0.05) is 69.6 Å². The van der Waals surface area contributed by atoms with Crippen molar-refractivity contribution in [3.63, 3.8) is 0 Å². The highest BCUT2D eigenvalue weighted by Crippen LogP contribution is 2.30. The van der Waals surface area contributed by atoms with E-state index in [1.165, 1.54) is 12.2 Å². The summed E-state index contributed by atoms with van der Waals surface area (Å²) in [7, 11) is 0. The molecule has 0 rings (SSSR count). The lowest BCUT2D eigenvalue weighted by molar-refractivity contribution is 1.45. The molecule has 0 saturated heterocycles. The maximum absolute atomic E-state index is 5.52. The van der Waals surface area contributed by atoms with Crippen molar-refractivity contribution in [3.05, 3.63) is 21.7 Å². The maximum atomic E-state index is 5.52. The normalized spacial score (nSPS) is 13.1. The molecule has 0 aliphatic rings. The van der Waals surface area contributed by atoms with Gasteiger partial charge < -0.3 is 0 Å². The number of allylic oxidation sites excluding steroid dienone is 3. The Morgan fingerprint density at radius 3 is 1.73 bits per heavy atom. The fourth-order valence-corrected chi connectivity index (χ4v) is 1.44. The van der Waals surface area contributed by atoms with E-state index in [2.05, 4.69) is 0 Å². The molecule has 0 atom stereocenters. The van der Waals surface area contributed by atoms with Crippen LogP contribution in [0.2, 0.25) is 0 Å². The summed E-state index contributed by atoms with van der Waals surface area (Å²) in [6, 6.07) is 0. The van der Waals surface area contributed by atoms with Gasteiger partial charge in [0.05, 0.1) is 0 Å². The predicted octanol–water partition coefficient (Wildman–Crippen LogP) is 4.80. The molecule has 6 heteroatoms. The summed E-state index contributed by atoms with van der Waals surface area (Å²) in [5.41, 5.74) is 0. The Balaban J connectivity index is 4.36. The van der Waals surface area contributed by atoms with Gasteiger partial charge in [-0.25, -0.2) is 0 Å². The van der Waals surface area contributed by atoms with Gasteiger partial charge in [-0.3, -0.25) is 0 Å². The van der Waals surface area contributed by atoms with Gasteiger partial charge in [0.15, 0.2) is 0 Å². The number of hydrogen-bond acceptors (Lipinski definition) is 0. The number of hydrogen-bond donors (Lipinski definition) is 0. The SMILES string of the molecule is ClC(Cl)=CC(Cl)=CC(Cl)(Cl)Cl. The van der Waals surface area contributed by atoms with Gasteiger partial charge >= 0.3 is 0 Å². The summed E-state index contributed by atoms with van der Waals surface area (Å²) in [6.07, 6.45) is 2.44. The minimum Gasteiger partial charge on any atom is -0.0844 e. The van der Waals surface area contributed by atoms with Crippen molar-refractivity contribution in [2.75, 3.05) is 0 Å². The summed E-state index contributed by atoms with van der Waals surface area (Å²) >= 11 is 32.2. The molecule has 0 heterocycles. The minimum atomic E-state index is -1.53. The first-order chi connectivity index (χ1) is 4.81. The van der Waals surface area contributed by atoms with Gasteiger partial charge in [0.1, 0.15) is 4.49 Å². The van der Waals surface area contributed by atoms with Gasteiger partial charge in [-0.15, -0.1) is 0 Å². The fourth-order valence-electron chi connectivity index (χ4n) is 0.302. The second-order valence-electron chi connectivity index (χ2n) is 1.50. The van der Waals surface area contributed by atoms with Crippen LogP contribution in [0.25, 0.3) is 0 Å². The van der Waals surface area contributed by atoms with Crippen LogP contribution in [-0.2, 0) is 0 Å². The molecule has 0 aromatic carbocycles. The Kier molecular flexibility index (Phi) is 5.62.